The normalized spacial score (nSPS) is 9.60. The van der Waals surface area contributed by atoms with Gasteiger partial charge in [-0.15, -0.1) is 12.4 Å². The first-order chi connectivity index (χ1) is 6.79. The second-order valence-corrected chi connectivity index (χ2v) is 2.95. The number of aliphatic carboxylic acids is 1. The molecular weight excluding hydrogens is 220 g/mol. The van der Waals surface area contributed by atoms with Gasteiger partial charge < -0.3 is 14.4 Å². The second kappa shape index (κ2) is 8.26. The molecule has 6 heteroatoms. The molecule has 0 saturated carbocycles. The molecule has 0 aliphatic heterocycles. The van der Waals surface area contributed by atoms with Gasteiger partial charge >= 0.3 is 5.97 Å². The number of aryl methyl sites for hydroxylation is 1. The summed E-state index contributed by atoms with van der Waals surface area (Å²) in [5.74, 6) is -0.917. The fraction of sp³-hybridized carbons (Fsp3) is 0.556. The Hall–Kier alpha value is -1.07. The summed E-state index contributed by atoms with van der Waals surface area (Å²) in [7, 11) is 0. The quantitative estimate of drug-likeness (QED) is 0.720. The van der Waals surface area contributed by atoms with Crippen molar-refractivity contribution in [2.24, 2.45) is 0 Å². The number of aromatic nitrogens is 2. The van der Waals surface area contributed by atoms with Crippen LogP contribution in [0, 0.1) is 0 Å². The molecule has 0 aromatic carbocycles. The second-order valence-electron chi connectivity index (χ2n) is 2.95. The molecule has 0 amide bonds. The lowest BCUT2D eigenvalue weighted by Gasteiger charge is -2.02. The summed E-state index contributed by atoms with van der Waals surface area (Å²) in [6, 6.07) is 0. The van der Waals surface area contributed by atoms with E-state index in [0.29, 0.717) is 6.61 Å². The Labute approximate surface area is 94.5 Å². The monoisotopic (exact) mass is 234 g/mol. The lowest BCUT2D eigenvalue weighted by molar-refractivity contribution is -0.142. The van der Waals surface area contributed by atoms with Crippen molar-refractivity contribution in [1.29, 1.82) is 0 Å². The van der Waals surface area contributed by atoms with Gasteiger partial charge in [0.05, 0.1) is 6.33 Å². The van der Waals surface area contributed by atoms with E-state index in [2.05, 4.69) is 4.98 Å². The molecule has 0 aliphatic carbocycles. The van der Waals surface area contributed by atoms with Crippen LogP contribution in [0.5, 0.6) is 0 Å². The van der Waals surface area contributed by atoms with Crippen LogP contribution < -0.4 is 0 Å². The summed E-state index contributed by atoms with van der Waals surface area (Å²) in [6.45, 7) is 1.20. The van der Waals surface area contributed by atoms with E-state index < -0.39 is 5.97 Å². The Kier molecular flexibility index (Phi) is 7.67. The summed E-state index contributed by atoms with van der Waals surface area (Å²) < 4.78 is 6.87. The summed E-state index contributed by atoms with van der Waals surface area (Å²) in [4.78, 5) is 14.0. The van der Waals surface area contributed by atoms with E-state index in [1.54, 1.807) is 12.5 Å². The van der Waals surface area contributed by atoms with Crippen molar-refractivity contribution in [2.75, 3.05) is 13.2 Å². The predicted octanol–water partition coefficient (Wildman–Crippen LogP) is 1.19. The first-order valence-corrected chi connectivity index (χ1v) is 4.54. The van der Waals surface area contributed by atoms with Crippen molar-refractivity contribution in [3.63, 3.8) is 0 Å². The molecule has 0 saturated heterocycles. The van der Waals surface area contributed by atoms with Gasteiger partial charge in [0.2, 0.25) is 0 Å². The number of hydrogen-bond acceptors (Lipinski definition) is 3. The number of carbonyl (C=O) groups is 1. The number of ether oxygens (including phenoxy) is 1. The molecule has 0 bridgehead atoms. The number of imidazole rings is 1. The van der Waals surface area contributed by atoms with E-state index >= 15 is 0 Å². The van der Waals surface area contributed by atoms with Gasteiger partial charge in [0.1, 0.15) is 6.61 Å². The minimum Gasteiger partial charge on any atom is -0.480 e. The van der Waals surface area contributed by atoms with E-state index in [-0.39, 0.29) is 19.0 Å². The molecule has 1 aromatic heterocycles. The fourth-order valence-electron chi connectivity index (χ4n) is 1.08. The van der Waals surface area contributed by atoms with Gasteiger partial charge in [-0.25, -0.2) is 9.78 Å². The van der Waals surface area contributed by atoms with Crippen LogP contribution in [0.15, 0.2) is 18.7 Å². The highest BCUT2D eigenvalue weighted by molar-refractivity contribution is 5.85. The molecule has 0 fully saturated rings. The molecule has 86 valence electrons. The van der Waals surface area contributed by atoms with Crippen molar-refractivity contribution in [2.45, 2.75) is 19.4 Å². The van der Waals surface area contributed by atoms with Crippen LogP contribution >= 0.6 is 12.4 Å². The average molecular weight is 235 g/mol. The fourth-order valence-corrected chi connectivity index (χ4v) is 1.08. The van der Waals surface area contributed by atoms with Crippen LogP contribution in [0.3, 0.4) is 0 Å². The molecule has 15 heavy (non-hydrogen) atoms. The third-order valence-corrected chi connectivity index (χ3v) is 1.74. The highest BCUT2D eigenvalue weighted by Crippen LogP contribution is 1.95. The van der Waals surface area contributed by atoms with Crippen molar-refractivity contribution in [3.05, 3.63) is 18.7 Å². The Balaban J connectivity index is 0.00000196. The largest absolute Gasteiger partial charge is 0.480 e. The van der Waals surface area contributed by atoms with E-state index in [9.17, 15) is 4.79 Å². The molecule has 0 spiro atoms. The summed E-state index contributed by atoms with van der Waals surface area (Å²) in [6.07, 6.45) is 7.23. The number of nitrogens with zero attached hydrogens (tertiary/aromatic N) is 2. The highest BCUT2D eigenvalue weighted by atomic mass is 35.5. The first-order valence-electron chi connectivity index (χ1n) is 4.54. The number of hydrogen-bond donors (Lipinski definition) is 1. The van der Waals surface area contributed by atoms with Crippen LogP contribution in [0.1, 0.15) is 12.8 Å². The number of unbranched alkanes of at least 4 members (excludes halogenated alkanes) is 1. The minimum atomic E-state index is -0.917. The lowest BCUT2D eigenvalue weighted by atomic mass is 10.3. The van der Waals surface area contributed by atoms with Gasteiger partial charge in [-0.05, 0) is 12.8 Å². The van der Waals surface area contributed by atoms with E-state index in [1.807, 2.05) is 10.8 Å². The van der Waals surface area contributed by atoms with Gasteiger partial charge in [0.25, 0.3) is 0 Å². The first kappa shape index (κ1) is 13.9. The zero-order valence-electron chi connectivity index (χ0n) is 8.33. The summed E-state index contributed by atoms with van der Waals surface area (Å²) in [5, 5.41) is 8.28. The van der Waals surface area contributed by atoms with Gasteiger partial charge in [0.15, 0.2) is 0 Å². The van der Waals surface area contributed by atoms with Gasteiger partial charge in [-0.2, -0.15) is 0 Å². The van der Waals surface area contributed by atoms with Crippen LogP contribution in [-0.2, 0) is 16.1 Å². The molecule has 1 rings (SSSR count). The molecule has 0 unspecified atom stereocenters. The highest BCUT2D eigenvalue weighted by Gasteiger charge is 1.95. The molecule has 1 N–H and O–H groups in total. The topological polar surface area (TPSA) is 64.3 Å². The lowest BCUT2D eigenvalue weighted by Crippen LogP contribution is -2.08. The Morgan fingerprint density at radius 1 is 1.47 bits per heavy atom. The van der Waals surface area contributed by atoms with E-state index in [4.69, 9.17) is 9.84 Å². The van der Waals surface area contributed by atoms with Crippen LogP contribution in [0.25, 0.3) is 0 Å². The zero-order valence-corrected chi connectivity index (χ0v) is 9.15. The van der Waals surface area contributed by atoms with E-state index in [1.165, 1.54) is 0 Å². The SMILES string of the molecule is Cl.O=C(O)COCCCCn1ccnc1. The standard InChI is InChI=1S/C9H14N2O3.ClH/c12-9(13)7-14-6-2-1-4-11-5-3-10-8-11;/h3,5,8H,1-2,4,6-7H2,(H,12,13);1H. The Morgan fingerprint density at radius 3 is 2.87 bits per heavy atom. The molecule has 0 atom stereocenters. The number of rotatable bonds is 7. The zero-order chi connectivity index (χ0) is 10.2. The van der Waals surface area contributed by atoms with Gasteiger partial charge in [-0.3, -0.25) is 0 Å². The molecule has 5 nitrogen and oxygen atoms in total. The number of carboxylic acids is 1. The number of carboxylic acid groups (broad SMARTS) is 1. The molecule has 1 aromatic rings. The van der Waals surface area contributed by atoms with Crippen molar-refractivity contribution in [1.82, 2.24) is 9.55 Å². The predicted molar refractivity (Wildman–Crippen MR) is 57.2 cm³/mol. The van der Waals surface area contributed by atoms with Crippen molar-refractivity contribution in [3.8, 4) is 0 Å². The van der Waals surface area contributed by atoms with Crippen LogP contribution in [0.4, 0.5) is 0 Å². The molecular formula is C9H15ClN2O3. The van der Waals surface area contributed by atoms with E-state index in [0.717, 1.165) is 19.4 Å². The average Bonchev–Trinajstić information content (AvgIpc) is 2.63. The molecule has 1 heterocycles. The summed E-state index contributed by atoms with van der Waals surface area (Å²) in [5.41, 5.74) is 0. The summed E-state index contributed by atoms with van der Waals surface area (Å²) >= 11 is 0. The molecule has 0 radical (unpaired) electrons. The third-order valence-electron chi connectivity index (χ3n) is 1.74. The maximum absolute atomic E-state index is 10.1. The van der Waals surface area contributed by atoms with Gasteiger partial charge in [-0.1, -0.05) is 0 Å². The minimum absolute atomic E-state index is 0. The third kappa shape index (κ3) is 6.93. The van der Waals surface area contributed by atoms with Gasteiger partial charge in [0, 0.05) is 25.5 Å². The Bertz CT molecular complexity index is 264. The van der Waals surface area contributed by atoms with Crippen LogP contribution in [-0.4, -0.2) is 33.8 Å². The smallest absolute Gasteiger partial charge is 0.329 e. The molecule has 0 aliphatic rings. The van der Waals surface area contributed by atoms with Crippen molar-refractivity contribution < 1.29 is 14.6 Å². The maximum Gasteiger partial charge on any atom is 0.329 e. The van der Waals surface area contributed by atoms with Crippen LogP contribution in [0.2, 0.25) is 0 Å². The maximum atomic E-state index is 10.1. The number of halogens is 1. The van der Waals surface area contributed by atoms with Crippen molar-refractivity contribution >= 4 is 18.4 Å². The Morgan fingerprint density at radius 2 is 2.27 bits per heavy atom.